The second kappa shape index (κ2) is 4.77. The van der Waals surface area contributed by atoms with Crippen molar-refractivity contribution in [3.63, 3.8) is 0 Å². The Labute approximate surface area is 99.8 Å². The Morgan fingerprint density at radius 3 is 2.25 bits per heavy atom. The van der Waals surface area contributed by atoms with Crippen LogP contribution in [0.4, 0.5) is 0 Å². The number of hydrogen-bond acceptors (Lipinski definition) is 2. The average molecular weight is 226 g/mol. The highest BCUT2D eigenvalue weighted by Crippen LogP contribution is 2.44. The minimum absolute atomic E-state index is 0.0165. The predicted octanol–water partition coefficient (Wildman–Crippen LogP) is 3.65. The molecular formula is C14H26O2. The van der Waals surface area contributed by atoms with E-state index in [1.54, 1.807) is 0 Å². The van der Waals surface area contributed by atoms with Gasteiger partial charge in [0, 0.05) is 5.92 Å². The van der Waals surface area contributed by atoms with Gasteiger partial charge < -0.3 is 4.74 Å². The topological polar surface area (TPSA) is 26.3 Å². The molecule has 0 aromatic carbocycles. The fraction of sp³-hybridized carbons (Fsp3) is 0.929. The fourth-order valence-electron chi connectivity index (χ4n) is 3.32. The van der Waals surface area contributed by atoms with Crippen molar-refractivity contribution < 1.29 is 9.53 Å². The third kappa shape index (κ3) is 2.58. The van der Waals surface area contributed by atoms with Gasteiger partial charge in [0.1, 0.15) is 5.60 Å². The molecule has 0 aromatic rings. The van der Waals surface area contributed by atoms with E-state index in [1.165, 1.54) is 6.42 Å². The van der Waals surface area contributed by atoms with Crippen LogP contribution in [0, 0.1) is 23.7 Å². The molecule has 1 saturated heterocycles. The third-order valence-corrected chi connectivity index (χ3v) is 3.88. The zero-order chi connectivity index (χ0) is 12.5. The van der Waals surface area contributed by atoms with Gasteiger partial charge in [-0.05, 0) is 32.1 Å². The van der Waals surface area contributed by atoms with Gasteiger partial charge in [-0.1, -0.05) is 34.1 Å². The maximum absolute atomic E-state index is 11.7. The molecule has 3 unspecified atom stereocenters. The van der Waals surface area contributed by atoms with Crippen molar-refractivity contribution in [2.75, 3.05) is 0 Å². The molecule has 1 rings (SSSR count). The van der Waals surface area contributed by atoms with Gasteiger partial charge in [-0.25, -0.2) is 0 Å². The fourth-order valence-corrected chi connectivity index (χ4v) is 3.32. The van der Waals surface area contributed by atoms with Gasteiger partial charge in [-0.2, -0.15) is 0 Å². The minimum atomic E-state index is -0.286. The van der Waals surface area contributed by atoms with E-state index >= 15 is 0 Å². The first kappa shape index (κ1) is 13.5. The van der Waals surface area contributed by atoms with E-state index in [9.17, 15) is 4.79 Å². The molecule has 16 heavy (non-hydrogen) atoms. The van der Waals surface area contributed by atoms with Crippen molar-refractivity contribution in [1.82, 2.24) is 0 Å². The van der Waals surface area contributed by atoms with Crippen LogP contribution in [0.15, 0.2) is 0 Å². The Morgan fingerprint density at radius 2 is 1.94 bits per heavy atom. The normalized spacial score (nSPS) is 30.6. The zero-order valence-corrected chi connectivity index (χ0v) is 11.5. The van der Waals surface area contributed by atoms with Crippen LogP contribution in [0.1, 0.15) is 54.4 Å². The highest BCUT2D eigenvalue weighted by atomic mass is 16.6. The molecule has 1 aliphatic heterocycles. The van der Waals surface area contributed by atoms with Gasteiger partial charge in [0.2, 0.25) is 0 Å². The molecule has 2 heteroatoms. The zero-order valence-electron chi connectivity index (χ0n) is 11.5. The van der Waals surface area contributed by atoms with Crippen molar-refractivity contribution in [2.24, 2.45) is 23.7 Å². The summed E-state index contributed by atoms with van der Waals surface area (Å²) in [6.45, 7) is 12.9. The number of carbonyl (C=O) groups excluding carboxylic acids is 1. The quantitative estimate of drug-likeness (QED) is 0.684. The number of esters is 1. The van der Waals surface area contributed by atoms with E-state index < -0.39 is 0 Å². The van der Waals surface area contributed by atoms with E-state index in [0.29, 0.717) is 17.8 Å². The maximum atomic E-state index is 11.7. The van der Waals surface area contributed by atoms with E-state index in [1.807, 2.05) is 6.92 Å². The molecule has 0 spiro atoms. The van der Waals surface area contributed by atoms with Crippen LogP contribution < -0.4 is 0 Å². The summed E-state index contributed by atoms with van der Waals surface area (Å²) in [6, 6.07) is 0. The second-order valence-electron chi connectivity index (χ2n) is 6.14. The molecule has 0 N–H and O–H groups in total. The molecule has 0 amide bonds. The number of hydrogen-bond donors (Lipinski definition) is 0. The lowest BCUT2D eigenvalue weighted by molar-refractivity contribution is -0.148. The van der Waals surface area contributed by atoms with Gasteiger partial charge in [0.15, 0.2) is 0 Å². The molecule has 1 aliphatic rings. The van der Waals surface area contributed by atoms with Crippen molar-refractivity contribution in [3.8, 4) is 0 Å². The molecule has 1 fully saturated rings. The van der Waals surface area contributed by atoms with Crippen LogP contribution in [-0.2, 0) is 9.53 Å². The highest BCUT2D eigenvalue weighted by molar-refractivity contribution is 5.75. The SMILES string of the molecule is CCC(CC(C)C)C1C(C)C(=O)OC1(C)C. The summed E-state index contributed by atoms with van der Waals surface area (Å²) in [5.74, 6) is 1.68. The first-order chi connectivity index (χ1) is 7.29. The Balaban J connectivity index is 2.86. The summed E-state index contributed by atoms with van der Waals surface area (Å²) in [5, 5.41) is 0. The summed E-state index contributed by atoms with van der Waals surface area (Å²) in [5.41, 5.74) is -0.286. The van der Waals surface area contributed by atoms with Gasteiger partial charge in [-0.15, -0.1) is 0 Å². The number of carbonyl (C=O) groups is 1. The monoisotopic (exact) mass is 226 g/mol. The minimum Gasteiger partial charge on any atom is -0.459 e. The number of ether oxygens (including phenoxy) is 1. The largest absolute Gasteiger partial charge is 0.459 e. The predicted molar refractivity (Wildman–Crippen MR) is 66.1 cm³/mol. The van der Waals surface area contributed by atoms with Crippen LogP contribution in [0.5, 0.6) is 0 Å². The molecule has 3 atom stereocenters. The second-order valence-corrected chi connectivity index (χ2v) is 6.14. The average Bonchev–Trinajstić information content (AvgIpc) is 2.33. The van der Waals surface area contributed by atoms with Gasteiger partial charge in [-0.3, -0.25) is 4.79 Å². The standard InChI is InChI=1S/C14H26O2/c1-7-11(8-9(2)3)12-10(4)13(15)16-14(12,5)6/h9-12H,7-8H2,1-6H3. The van der Waals surface area contributed by atoms with Crippen LogP contribution in [0.2, 0.25) is 0 Å². The lowest BCUT2D eigenvalue weighted by Gasteiger charge is -2.33. The van der Waals surface area contributed by atoms with E-state index in [2.05, 4.69) is 34.6 Å². The Kier molecular flexibility index (Phi) is 4.03. The highest BCUT2D eigenvalue weighted by Gasteiger charge is 2.50. The Bertz CT molecular complexity index is 255. The van der Waals surface area contributed by atoms with Crippen molar-refractivity contribution in [3.05, 3.63) is 0 Å². The molecular weight excluding hydrogens is 200 g/mol. The number of cyclic esters (lactones) is 1. The van der Waals surface area contributed by atoms with Crippen LogP contribution in [0.25, 0.3) is 0 Å². The molecule has 0 aliphatic carbocycles. The molecule has 0 bridgehead atoms. The van der Waals surface area contributed by atoms with Crippen molar-refractivity contribution >= 4 is 5.97 Å². The molecule has 0 aromatic heterocycles. The molecule has 2 nitrogen and oxygen atoms in total. The van der Waals surface area contributed by atoms with E-state index in [4.69, 9.17) is 4.74 Å². The Morgan fingerprint density at radius 1 is 1.38 bits per heavy atom. The summed E-state index contributed by atoms with van der Waals surface area (Å²) in [4.78, 5) is 11.7. The van der Waals surface area contributed by atoms with E-state index in [-0.39, 0.29) is 17.5 Å². The molecule has 1 heterocycles. The lowest BCUT2D eigenvalue weighted by atomic mass is 9.71. The van der Waals surface area contributed by atoms with Gasteiger partial charge >= 0.3 is 5.97 Å². The lowest BCUT2D eigenvalue weighted by Crippen LogP contribution is -2.35. The number of rotatable bonds is 4. The van der Waals surface area contributed by atoms with Crippen LogP contribution in [-0.4, -0.2) is 11.6 Å². The first-order valence-electron chi connectivity index (χ1n) is 6.52. The summed E-state index contributed by atoms with van der Waals surface area (Å²) < 4.78 is 5.50. The van der Waals surface area contributed by atoms with Crippen LogP contribution >= 0.6 is 0 Å². The van der Waals surface area contributed by atoms with E-state index in [0.717, 1.165) is 6.42 Å². The van der Waals surface area contributed by atoms with Gasteiger partial charge in [0.05, 0.1) is 5.92 Å². The summed E-state index contributed by atoms with van der Waals surface area (Å²) in [7, 11) is 0. The molecule has 94 valence electrons. The van der Waals surface area contributed by atoms with Crippen molar-refractivity contribution in [2.45, 2.75) is 60.0 Å². The third-order valence-electron chi connectivity index (χ3n) is 3.88. The smallest absolute Gasteiger partial charge is 0.309 e. The molecule has 0 radical (unpaired) electrons. The van der Waals surface area contributed by atoms with Gasteiger partial charge in [0.25, 0.3) is 0 Å². The summed E-state index contributed by atoms with van der Waals surface area (Å²) in [6.07, 6.45) is 2.32. The van der Waals surface area contributed by atoms with Crippen LogP contribution in [0.3, 0.4) is 0 Å². The van der Waals surface area contributed by atoms with Crippen molar-refractivity contribution in [1.29, 1.82) is 0 Å². The molecule has 0 saturated carbocycles. The first-order valence-corrected chi connectivity index (χ1v) is 6.52. The summed E-state index contributed by atoms with van der Waals surface area (Å²) >= 11 is 0. The Hall–Kier alpha value is -0.530. The maximum Gasteiger partial charge on any atom is 0.309 e.